The Kier molecular flexibility index (Phi) is 4.07. The van der Waals surface area contributed by atoms with Crippen LogP contribution in [0, 0.1) is 11.3 Å². The van der Waals surface area contributed by atoms with Crippen molar-refractivity contribution in [2.45, 2.75) is 31.8 Å². The van der Waals surface area contributed by atoms with Crippen molar-refractivity contribution in [1.29, 1.82) is 0 Å². The number of benzene rings is 1. The fraction of sp³-hybridized carbons (Fsp3) is 0.625. The first kappa shape index (κ1) is 14.4. The van der Waals surface area contributed by atoms with Crippen molar-refractivity contribution in [3.63, 3.8) is 0 Å². The molecule has 1 aliphatic heterocycles. The monoisotopic (exact) mass is 340 g/mol. The molecule has 0 spiro atoms. The normalized spacial score (nSPS) is 29.6. The number of halogens is 1. The summed E-state index contributed by atoms with van der Waals surface area (Å²) in [6, 6.07) is 6.06. The van der Waals surface area contributed by atoms with Gasteiger partial charge in [-0.1, -0.05) is 15.9 Å². The SMILES string of the molecule is COc1ccc(Br)cc1CC1(CO)CCOC1C1CC1. The van der Waals surface area contributed by atoms with Crippen LogP contribution in [0.5, 0.6) is 5.75 Å². The van der Waals surface area contributed by atoms with Crippen molar-refractivity contribution in [3.8, 4) is 5.75 Å². The topological polar surface area (TPSA) is 38.7 Å². The maximum Gasteiger partial charge on any atom is 0.122 e. The fourth-order valence-corrected chi connectivity index (χ4v) is 3.83. The Morgan fingerprint density at radius 1 is 1.45 bits per heavy atom. The van der Waals surface area contributed by atoms with Crippen LogP contribution in [-0.4, -0.2) is 31.5 Å². The van der Waals surface area contributed by atoms with Crippen LogP contribution in [0.15, 0.2) is 22.7 Å². The molecule has 2 atom stereocenters. The first-order valence-electron chi connectivity index (χ1n) is 7.23. The van der Waals surface area contributed by atoms with Crippen molar-refractivity contribution in [1.82, 2.24) is 0 Å². The highest BCUT2D eigenvalue weighted by Gasteiger charge is 2.50. The standard InChI is InChI=1S/C16H21BrO3/c1-19-14-5-4-13(17)8-12(14)9-16(10-18)6-7-20-15(16)11-2-3-11/h4-5,8,11,15,18H,2-3,6-7,9-10H2,1H3. The highest BCUT2D eigenvalue weighted by atomic mass is 79.9. The molecule has 1 saturated heterocycles. The average molecular weight is 341 g/mol. The van der Waals surface area contributed by atoms with Crippen LogP contribution in [-0.2, 0) is 11.2 Å². The van der Waals surface area contributed by atoms with Gasteiger partial charge in [-0.25, -0.2) is 0 Å². The number of aliphatic hydroxyl groups is 1. The average Bonchev–Trinajstić information content (AvgIpc) is 3.21. The molecule has 2 fully saturated rings. The van der Waals surface area contributed by atoms with Gasteiger partial charge < -0.3 is 14.6 Å². The van der Waals surface area contributed by atoms with Crippen molar-refractivity contribution >= 4 is 15.9 Å². The Bertz CT molecular complexity index is 487. The Balaban J connectivity index is 1.89. The van der Waals surface area contributed by atoms with E-state index in [1.165, 1.54) is 12.8 Å². The second-order valence-electron chi connectivity index (χ2n) is 6.03. The lowest BCUT2D eigenvalue weighted by atomic mass is 9.74. The van der Waals surface area contributed by atoms with Crippen LogP contribution >= 0.6 is 15.9 Å². The Labute approximate surface area is 128 Å². The summed E-state index contributed by atoms with van der Waals surface area (Å²) >= 11 is 3.52. The van der Waals surface area contributed by atoms with Crippen LogP contribution in [0.2, 0.25) is 0 Å². The zero-order valence-electron chi connectivity index (χ0n) is 11.8. The van der Waals surface area contributed by atoms with E-state index < -0.39 is 0 Å². The number of methoxy groups -OCH3 is 1. The third-order valence-corrected chi connectivity index (χ3v) is 5.14. The molecule has 1 heterocycles. The molecule has 4 heteroatoms. The minimum Gasteiger partial charge on any atom is -0.496 e. The number of ether oxygens (including phenoxy) is 2. The third kappa shape index (κ3) is 2.61. The summed E-state index contributed by atoms with van der Waals surface area (Å²) in [5, 5.41) is 10.0. The molecule has 0 amide bonds. The van der Waals surface area contributed by atoms with Gasteiger partial charge in [0.2, 0.25) is 0 Å². The smallest absolute Gasteiger partial charge is 0.122 e. The molecule has 0 radical (unpaired) electrons. The van der Waals surface area contributed by atoms with E-state index in [4.69, 9.17) is 9.47 Å². The van der Waals surface area contributed by atoms with Gasteiger partial charge in [-0.15, -0.1) is 0 Å². The number of hydrogen-bond acceptors (Lipinski definition) is 3. The summed E-state index contributed by atoms with van der Waals surface area (Å²) in [6.07, 6.45) is 4.42. The molecule has 3 rings (SSSR count). The Morgan fingerprint density at radius 3 is 2.90 bits per heavy atom. The molecule has 2 unspecified atom stereocenters. The highest BCUT2D eigenvalue weighted by Crippen LogP contribution is 2.50. The van der Waals surface area contributed by atoms with E-state index in [2.05, 4.69) is 22.0 Å². The van der Waals surface area contributed by atoms with E-state index >= 15 is 0 Å². The highest BCUT2D eigenvalue weighted by molar-refractivity contribution is 9.10. The molecule has 20 heavy (non-hydrogen) atoms. The van der Waals surface area contributed by atoms with Crippen molar-refractivity contribution in [3.05, 3.63) is 28.2 Å². The van der Waals surface area contributed by atoms with Crippen LogP contribution < -0.4 is 4.74 Å². The van der Waals surface area contributed by atoms with Gasteiger partial charge in [0, 0.05) is 16.5 Å². The first-order chi connectivity index (χ1) is 9.68. The predicted octanol–water partition coefficient (Wildman–Crippen LogP) is 3.18. The number of hydrogen-bond donors (Lipinski definition) is 1. The summed E-state index contributed by atoms with van der Waals surface area (Å²) in [4.78, 5) is 0. The number of aliphatic hydroxyl groups excluding tert-OH is 1. The van der Waals surface area contributed by atoms with Gasteiger partial charge in [-0.3, -0.25) is 0 Å². The maximum absolute atomic E-state index is 10.0. The molecule has 0 bridgehead atoms. The van der Waals surface area contributed by atoms with Gasteiger partial charge in [-0.2, -0.15) is 0 Å². The van der Waals surface area contributed by atoms with Gasteiger partial charge in [-0.05, 0) is 55.4 Å². The molecule has 3 nitrogen and oxygen atoms in total. The van der Waals surface area contributed by atoms with Crippen molar-refractivity contribution in [2.24, 2.45) is 11.3 Å². The lowest BCUT2D eigenvalue weighted by Crippen LogP contribution is -2.38. The van der Waals surface area contributed by atoms with Crippen LogP contribution in [0.1, 0.15) is 24.8 Å². The Hall–Kier alpha value is -0.580. The molecule has 1 aromatic rings. The summed E-state index contributed by atoms with van der Waals surface area (Å²) in [5.74, 6) is 1.53. The molecule has 1 aromatic carbocycles. The molecule has 0 aromatic heterocycles. The Morgan fingerprint density at radius 2 is 2.25 bits per heavy atom. The van der Waals surface area contributed by atoms with E-state index in [9.17, 15) is 5.11 Å². The molecule has 2 aliphatic rings. The van der Waals surface area contributed by atoms with E-state index in [0.717, 1.165) is 35.2 Å². The van der Waals surface area contributed by atoms with Crippen LogP contribution in [0.3, 0.4) is 0 Å². The van der Waals surface area contributed by atoms with Gasteiger partial charge in [0.15, 0.2) is 0 Å². The first-order valence-corrected chi connectivity index (χ1v) is 8.03. The van der Waals surface area contributed by atoms with Crippen molar-refractivity contribution < 1.29 is 14.6 Å². The van der Waals surface area contributed by atoms with E-state index in [-0.39, 0.29) is 18.1 Å². The van der Waals surface area contributed by atoms with Gasteiger partial charge >= 0.3 is 0 Å². The minimum atomic E-state index is -0.144. The van der Waals surface area contributed by atoms with Gasteiger partial charge in [0.1, 0.15) is 5.75 Å². The van der Waals surface area contributed by atoms with Crippen LogP contribution in [0.4, 0.5) is 0 Å². The van der Waals surface area contributed by atoms with Crippen LogP contribution in [0.25, 0.3) is 0 Å². The summed E-state index contributed by atoms with van der Waals surface area (Å²) in [5.41, 5.74) is 1.00. The molecule has 1 aliphatic carbocycles. The molecular formula is C16H21BrO3. The molecular weight excluding hydrogens is 320 g/mol. The fourth-order valence-electron chi connectivity index (χ4n) is 3.42. The molecule has 1 N–H and O–H groups in total. The largest absolute Gasteiger partial charge is 0.496 e. The van der Waals surface area contributed by atoms with E-state index in [1.807, 2.05) is 12.1 Å². The summed E-state index contributed by atoms with van der Waals surface area (Å²) < 4.78 is 12.5. The van der Waals surface area contributed by atoms with Crippen molar-refractivity contribution in [2.75, 3.05) is 20.3 Å². The van der Waals surface area contributed by atoms with Gasteiger partial charge in [0.25, 0.3) is 0 Å². The summed E-state index contributed by atoms with van der Waals surface area (Å²) in [7, 11) is 1.70. The van der Waals surface area contributed by atoms with E-state index in [1.54, 1.807) is 7.11 Å². The lowest BCUT2D eigenvalue weighted by Gasteiger charge is -2.33. The zero-order valence-corrected chi connectivity index (χ0v) is 13.4. The van der Waals surface area contributed by atoms with Gasteiger partial charge in [0.05, 0.1) is 19.8 Å². The summed E-state index contributed by atoms with van der Waals surface area (Å²) in [6.45, 7) is 0.946. The quantitative estimate of drug-likeness (QED) is 0.894. The maximum atomic E-state index is 10.0. The predicted molar refractivity (Wildman–Crippen MR) is 81.0 cm³/mol. The van der Waals surface area contributed by atoms with E-state index in [0.29, 0.717) is 5.92 Å². The second kappa shape index (κ2) is 5.66. The zero-order chi connectivity index (χ0) is 14.2. The molecule has 110 valence electrons. The number of rotatable bonds is 5. The lowest BCUT2D eigenvalue weighted by molar-refractivity contribution is 0.000347. The molecule has 1 saturated carbocycles. The third-order valence-electron chi connectivity index (χ3n) is 4.65. The minimum absolute atomic E-state index is 0.144. The second-order valence-corrected chi connectivity index (χ2v) is 6.95.